The second-order valence-electron chi connectivity index (χ2n) is 10.9. The summed E-state index contributed by atoms with van der Waals surface area (Å²) in [6.45, 7) is -0.0243. The third kappa shape index (κ3) is 7.96. The summed E-state index contributed by atoms with van der Waals surface area (Å²) in [5, 5.41) is 16.8. The first-order valence-electron chi connectivity index (χ1n) is 14.4. The minimum absolute atomic E-state index is 0.0130. The number of carbonyl (C=O) groups is 3. The Morgan fingerprint density at radius 2 is 1.60 bits per heavy atom. The molecule has 4 N–H and O–H groups in total. The van der Waals surface area contributed by atoms with Crippen molar-refractivity contribution in [2.75, 3.05) is 11.9 Å². The highest BCUT2D eigenvalue weighted by atomic mass is 32.1. The summed E-state index contributed by atoms with van der Waals surface area (Å²) in [6, 6.07) is 14.4. The van der Waals surface area contributed by atoms with Crippen LogP contribution in [0.4, 0.5) is 27.5 Å². The van der Waals surface area contributed by atoms with Crippen LogP contribution in [0.15, 0.2) is 60.7 Å². The molecule has 1 saturated carbocycles. The van der Waals surface area contributed by atoms with Crippen LogP contribution in [-0.2, 0) is 11.0 Å². The zero-order valence-corrected chi connectivity index (χ0v) is 24.7. The molecule has 236 valence electrons. The number of nitrogens with one attached hydrogen (secondary N) is 3. The third-order valence-corrected chi connectivity index (χ3v) is 8.69. The number of urea groups is 1. The first-order chi connectivity index (χ1) is 21.5. The minimum Gasteiger partial charge on any atom is -0.481 e. The number of anilines is 1. The first kappa shape index (κ1) is 31.9. The monoisotopic (exact) mass is 642 g/mol. The van der Waals surface area contributed by atoms with Gasteiger partial charge in [-0.25, -0.2) is 14.2 Å². The molecule has 4 aromatic rings. The van der Waals surface area contributed by atoms with Gasteiger partial charge < -0.3 is 15.7 Å². The molecule has 1 heterocycles. The molecule has 0 radical (unpaired) electrons. The lowest BCUT2D eigenvalue weighted by molar-refractivity contribution is -0.140. The maximum atomic E-state index is 14.0. The number of hydrogen-bond acceptors (Lipinski definition) is 5. The number of nitrogens with zero attached hydrogens (tertiary/aromatic N) is 1. The van der Waals surface area contributed by atoms with Gasteiger partial charge in [0.25, 0.3) is 5.91 Å². The van der Waals surface area contributed by atoms with E-state index in [1.54, 1.807) is 24.3 Å². The fraction of sp³-hybridized carbons (Fsp3) is 0.312. The number of aromatic nitrogens is 1. The van der Waals surface area contributed by atoms with Crippen LogP contribution in [0.1, 0.15) is 83.1 Å². The summed E-state index contributed by atoms with van der Waals surface area (Å²) in [7, 11) is 0. The number of carbonyl (C=O) groups excluding carboxylic acids is 2. The Morgan fingerprint density at radius 1 is 0.956 bits per heavy atom. The Balaban J connectivity index is 1.37. The topological polar surface area (TPSA) is 120 Å². The molecule has 1 aromatic heterocycles. The van der Waals surface area contributed by atoms with Crippen LogP contribution in [-0.4, -0.2) is 34.5 Å². The molecule has 1 aliphatic carbocycles. The Labute approximate surface area is 259 Å². The number of alkyl halides is 3. The molecule has 0 spiro atoms. The highest BCUT2D eigenvalue weighted by Gasteiger charge is 2.35. The maximum Gasteiger partial charge on any atom is 0.419 e. The van der Waals surface area contributed by atoms with Gasteiger partial charge in [-0.1, -0.05) is 67.0 Å². The summed E-state index contributed by atoms with van der Waals surface area (Å²) in [4.78, 5) is 40.4. The molecule has 0 saturated heterocycles. The lowest BCUT2D eigenvalue weighted by Crippen LogP contribution is -2.33. The van der Waals surface area contributed by atoms with Crippen molar-refractivity contribution in [3.63, 3.8) is 0 Å². The molecule has 5 rings (SSSR count). The Morgan fingerprint density at radius 3 is 2.22 bits per heavy atom. The van der Waals surface area contributed by atoms with Crippen molar-refractivity contribution in [1.29, 1.82) is 0 Å². The van der Waals surface area contributed by atoms with E-state index in [0.717, 1.165) is 29.7 Å². The van der Waals surface area contributed by atoms with Crippen molar-refractivity contribution >= 4 is 44.6 Å². The van der Waals surface area contributed by atoms with Crippen molar-refractivity contribution in [1.82, 2.24) is 15.6 Å². The highest BCUT2D eigenvalue weighted by molar-refractivity contribution is 7.22. The van der Waals surface area contributed by atoms with Crippen molar-refractivity contribution in [2.45, 2.75) is 56.7 Å². The van der Waals surface area contributed by atoms with Crippen molar-refractivity contribution in [3.8, 4) is 0 Å². The first-order valence-corrected chi connectivity index (χ1v) is 15.2. The summed E-state index contributed by atoms with van der Waals surface area (Å²) in [5.41, 5.74) is 1.48. The van der Waals surface area contributed by atoms with Gasteiger partial charge in [0.15, 0.2) is 5.13 Å². The van der Waals surface area contributed by atoms with E-state index in [-0.39, 0.29) is 28.3 Å². The standard InChI is InChI=1S/C32H30F4N4O4S/c33-24-17-25-26(16-23(24)32(34,35)36)45-31(38-25)40-30(44)39-28(20-8-6-19(7-9-20)18-4-2-1-3-5-18)21-10-12-22(13-11-21)29(43)37-15-14-27(41)42/h6-13,16-18,28H,1-5,14-15H2,(H,37,43)(H,41,42)(H2,38,39,40,44). The van der Waals surface area contributed by atoms with Gasteiger partial charge in [-0.15, -0.1) is 0 Å². The maximum absolute atomic E-state index is 14.0. The van der Waals surface area contributed by atoms with E-state index in [0.29, 0.717) is 29.2 Å². The minimum atomic E-state index is -4.87. The van der Waals surface area contributed by atoms with Gasteiger partial charge in [0, 0.05) is 18.2 Å². The van der Waals surface area contributed by atoms with Gasteiger partial charge >= 0.3 is 18.2 Å². The van der Waals surface area contributed by atoms with E-state index in [9.17, 15) is 31.9 Å². The van der Waals surface area contributed by atoms with Crippen LogP contribution in [0.5, 0.6) is 0 Å². The van der Waals surface area contributed by atoms with Crippen LogP contribution >= 0.6 is 11.3 Å². The van der Waals surface area contributed by atoms with Crippen LogP contribution in [0.3, 0.4) is 0 Å². The molecular formula is C32H30F4N4O4S. The fourth-order valence-electron chi connectivity index (χ4n) is 5.45. The SMILES string of the molecule is O=C(O)CCNC(=O)c1ccc(C(NC(=O)Nc2nc3cc(F)c(C(F)(F)F)cc3s2)c2ccc(C3CCCCC3)cc2)cc1. The normalized spacial score (nSPS) is 14.6. The third-order valence-electron chi connectivity index (χ3n) is 7.76. The Kier molecular flexibility index (Phi) is 9.66. The number of aliphatic carboxylic acids is 1. The molecule has 1 fully saturated rings. The molecule has 1 aliphatic rings. The molecule has 13 heteroatoms. The molecule has 0 bridgehead atoms. The van der Waals surface area contributed by atoms with Crippen molar-refractivity contribution in [2.24, 2.45) is 0 Å². The van der Waals surface area contributed by atoms with Crippen LogP contribution < -0.4 is 16.0 Å². The predicted molar refractivity (Wildman–Crippen MR) is 162 cm³/mol. The van der Waals surface area contributed by atoms with E-state index < -0.39 is 41.5 Å². The summed E-state index contributed by atoms with van der Waals surface area (Å²) < 4.78 is 53.6. The van der Waals surface area contributed by atoms with E-state index in [1.165, 1.54) is 24.8 Å². The van der Waals surface area contributed by atoms with E-state index in [2.05, 4.69) is 20.9 Å². The molecule has 0 aliphatic heterocycles. The zero-order chi connectivity index (χ0) is 32.1. The second-order valence-corrected chi connectivity index (χ2v) is 11.9. The predicted octanol–water partition coefficient (Wildman–Crippen LogP) is 7.62. The van der Waals surface area contributed by atoms with Crippen molar-refractivity contribution in [3.05, 3.63) is 94.3 Å². The molecular weight excluding hydrogens is 612 g/mol. The molecule has 1 unspecified atom stereocenters. The number of carboxylic acid groups (broad SMARTS) is 1. The fourth-order valence-corrected chi connectivity index (χ4v) is 6.33. The van der Waals surface area contributed by atoms with E-state index in [4.69, 9.17) is 5.11 Å². The number of amides is 3. The lowest BCUT2D eigenvalue weighted by atomic mass is 9.83. The number of thiazole rings is 1. The van der Waals surface area contributed by atoms with Gasteiger partial charge in [0.2, 0.25) is 0 Å². The Bertz CT molecular complexity index is 1680. The quantitative estimate of drug-likeness (QED) is 0.140. The molecule has 1 atom stereocenters. The van der Waals surface area contributed by atoms with Crippen molar-refractivity contribution < 1.29 is 37.1 Å². The van der Waals surface area contributed by atoms with Crippen LogP contribution in [0.2, 0.25) is 0 Å². The van der Waals surface area contributed by atoms with Gasteiger partial charge in [-0.2, -0.15) is 13.2 Å². The smallest absolute Gasteiger partial charge is 0.419 e. The van der Waals surface area contributed by atoms with Gasteiger partial charge in [-0.3, -0.25) is 14.9 Å². The average Bonchev–Trinajstić information content (AvgIpc) is 3.40. The Hall–Kier alpha value is -4.52. The molecule has 8 nitrogen and oxygen atoms in total. The number of rotatable bonds is 9. The zero-order valence-electron chi connectivity index (χ0n) is 23.9. The number of halogens is 4. The van der Waals surface area contributed by atoms with E-state index in [1.807, 2.05) is 24.3 Å². The number of fused-ring (bicyclic) bond motifs is 1. The molecule has 45 heavy (non-hydrogen) atoms. The molecule has 3 amide bonds. The van der Waals surface area contributed by atoms with Gasteiger partial charge in [-0.05, 0) is 53.6 Å². The number of hydrogen-bond donors (Lipinski definition) is 4. The van der Waals surface area contributed by atoms with Crippen LogP contribution in [0.25, 0.3) is 10.2 Å². The average molecular weight is 643 g/mol. The number of benzene rings is 3. The van der Waals surface area contributed by atoms with E-state index >= 15 is 0 Å². The second kappa shape index (κ2) is 13.6. The summed E-state index contributed by atoms with van der Waals surface area (Å²) in [5.74, 6) is -2.45. The van der Waals surface area contributed by atoms with Gasteiger partial charge in [0.05, 0.1) is 28.2 Å². The number of carboxylic acids is 1. The molecule has 3 aromatic carbocycles. The van der Waals surface area contributed by atoms with Gasteiger partial charge in [0.1, 0.15) is 5.82 Å². The highest BCUT2D eigenvalue weighted by Crippen LogP contribution is 2.37. The lowest BCUT2D eigenvalue weighted by Gasteiger charge is -2.24. The largest absolute Gasteiger partial charge is 0.481 e. The van der Waals surface area contributed by atoms with Crippen LogP contribution in [0, 0.1) is 5.82 Å². The summed E-state index contributed by atoms with van der Waals surface area (Å²) in [6.07, 6.45) is 0.755. The summed E-state index contributed by atoms with van der Waals surface area (Å²) >= 11 is 0.783.